The summed E-state index contributed by atoms with van der Waals surface area (Å²) in [5.74, 6) is -6.81. The molecule has 4 aliphatic rings. The number of nitrogens with zero attached hydrogens (tertiary/aromatic N) is 2. The van der Waals surface area contributed by atoms with Gasteiger partial charge in [0.2, 0.25) is 11.8 Å². The van der Waals surface area contributed by atoms with Crippen molar-refractivity contribution in [2.45, 2.75) is 34.9 Å². The number of phenolic OH excluding ortho intramolecular Hbond substituents is 1. The van der Waals surface area contributed by atoms with E-state index in [9.17, 15) is 29.1 Å². The number of amides is 5. The average Bonchev–Trinajstić information content (AvgIpc) is 3.20. The first-order chi connectivity index (χ1) is 17.4. The van der Waals surface area contributed by atoms with Crippen molar-refractivity contribution in [1.82, 2.24) is 9.80 Å². The van der Waals surface area contributed by atoms with Crippen LogP contribution in [-0.4, -0.2) is 68.5 Å². The zero-order valence-corrected chi connectivity index (χ0v) is 21.6. The summed E-state index contributed by atoms with van der Waals surface area (Å²) in [6.07, 6.45) is 2.45. The van der Waals surface area contributed by atoms with Crippen LogP contribution in [0.3, 0.4) is 0 Å². The first-order valence-electron chi connectivity index (χ1n) is 11.7. The molecule has 0 unspecified atom stereocenters. The Bertz CT molecular complexity index is 1330. The predicted molar refractivity (Wildman–Crippen MR) is 132 cm³/mol. The van der Waals surface area contributed by atoms with E-state index in [1.807, 2.05) is 0 Å². The van der Waals surface area contributed by atoms with E-state index in [1.54, 1.807) is 30.4 Å². The summed E-state index contributed by atoms with van der Waals surface area (Å²) in [6.45, 7) is 3.71. The molecule has 3 fully saturated rings. The molecule has 194 valence electrons. The maximum atomic E-state index is 13.6. The van der Waals surface area contributed by atoms with Gasteiger partial charge in [-0.15, -0.1) is 29.8 Å². The second kappa shape index (κ2) is 8.43. The molecule has 0 radical (unpaired) electrons. The maximum Gasteiger partial charge on any atom is 0.423 e. The van der Waals surface area contributed by atoms with E-state index in [1.165, 1.54) is 7.05 Å². The van der Waals surface area contributed by atoms with E-state index in [-0.39, 0.29) is 24.2 Å². The van der Waals surface area contributed by atoms with Gasteiger partial charge in [-0.1, -0.05) is 35.9 Å². The minimum atomic E-state index is -2.01. The van der Waals surface area contributed by atoms with Crippen molar-refractivity contribution in [3.63, 3.8) is 0 Å². The number of alkyl halides is 2. The van der Waals surface area contributed by atoms with E-state index in [0.29, 0.717) is 22.5 Å². The molecule has 0 aromatic heterocycles. The Labute approximate surface area is 222 Å². The molecular weight excluding hydrogens is 523 g/mol. The molecule has 6 atom stereocenters. The number of fused-ring (bicyclic) bond motifs is 4. The zero-order valence-electron chi connectivity index (χ0n) is 20.1. The van der Waals surface area contributed by atoms with E-state index in [4.69, 9.17) is 23.2 Å². The lowest BCUT2D eigenvalue weighted by atomic mass is 9.56. The summed E-state index contributed by atoms with van der Waals surface area (Å²) in [4.78, 5) is 63.0. The SMILES string of the molecule is C=CCc1cccc([C@H]2C3=CC[C@@H]4C(=O)N(C(=O)OC)C(=O)[C@@H]4[C@@H]3C[C@@]3(Cl)C(=O)N(C)C(=O)[C@@]23Cl)c1O. The van der Waals surface area contributed by atoms with Crippen LogP contribution in [0.25, 0.3) is 0 Å². The fourth-order valence-electron chi connectivity index (χ4n) is 6.53. The zero-order chi connectivity index (χ0) is 27.0. The Balaban J connectivity index is 1.74. The van der Waals surface area contributed by atoms with Crippen molar-refractivity contribution >= 4 is 52.9 Å². The van der Waals surface area contributed by atoms with Crippen LogP contribution in [0.5, 0.6) is 5.75 Å². The number of phenols is 1. The van der Waals surface area contributed by atoms with Crippen molar-refractivity contribution in [1.29, 1.82) is 0 Å². The molecule has 37 heavy (non-hydrogen) atoms. The highest BCUT2D eigenvalue weighted by molar-refractivity contribution is 6.53. The van der Waals surface area contributed by atoms with Gasteiger partial charge in [-0.05, 0) is 30.7 Å². The number of rotatable bonds is 3. The van der Waals surface area contributed by atoms with Crippen LogP contribution in [0, 0.1) is 17.8 Å². The number of halogens is 2. The Kier molecular flexibility index (Phi) is 5.80. The Morgan fingerprint density at radius 2 is 1.89 bits per heavy atom. The minimum Gasteiger partial charge on any atom is -0.507 e. The monoisotopic (exact) mass is 546 g/mol. The van der Waals surface area contributed by atoms with E-state index in [2.05, 4.69) is 11.3 Å². The predicted octanol–water partition coefficient (Wildman–Crippen LogP) is 2.88. The molecule has 1 aromatic carbocycles. The second-order valence-corrected chi connectivity index (χ2v) is 11.1. The number of carbonyl (C=O) groups is 5. The Morgan fingerprint density at radius 3 is 2.54 bits per heavy atom. The normalized spacial score (nSPS) is 34.6. The largest absolute Gasteiger partial charge is 0.507 e. The maximum absolute atomic E-state index is 13.6. The van der Waals surface area contributed by atoms with Gasteiger partial charge < -0.3 is 9.84 Å². The Morgan fingerprint density at radius 1 is 1.19 bits per heavy atom. The van der Waals surface area contributed by atoms with Crippen LogP contribution in [-0.2, 0) is 30.3 Å². The number of hydrogen-bond donors (Lipinski definition) is 1. The first-order valence-corrected chi connectivity index (χ1v) is 12.5. The van der Waals surface area contributed by atoms with Gasteiger partial charge in [-0.3, -0.25) is 24.1 Å². The van der Waals surface area contributed by atoms with Crippen molar-refractivity contribution in [3.8, 4) is 5.75 Å². The van der Waals surface area contributed by atoms with Crippen LogP contribution in [0.2, 0.25) is 0 Å². The third-order valence-electron chi connectivity index (χ3n) is 8.20. The van der Waals surface area contributed by atoms with Crippen molar-refractivity contribution in [2.75, 3.05) is 14.2 Å². The van der Waals surface area contributed by atoms with Crippen LogP contribution >= 0.6 is 23.2 Å². The summed E-state index contributed by atoms with van der Waals surface area (Å²) in [5.41, 5.74) is 1.31. The molecule has 0 bridgehead atoms. The van der Waals surface area contributed by atoms with E-state index in [0.717, 1.165) is 12.0 Å². The minimum absolute atomic E-state index is 0.0956. The molecule has 1 aromatic rings. The fourth-order valence-corrected chi connectivity index (χ4v) is 7.54. The summed E-state index contributed by atoms with van der Waals surface area (Å²) in [5, 5.41) is 11.3. The molecule has 1 N–H and O–H groups in total. The van der Waals surface area contributed by atoms with Gasteiger partial charge in [-0.25, -0.2) is 4.79 Å². The number of likely N-dealkylation sites (tertiary alicyclic amines) is 2. The first kappa shape index (κ1) is 25.5. The summed E-state index contributed by atoms with van der Waals surface area (Å²) in [7, 11) is 2.35. The van der Waals surface area contributed by atoms with Gasteiger partial charge in [0.1, 0.15) is 5.75 Å². The van der Waals surface area contributed by atoms with E-state index >= 15 is 0 Å². The molecule has 11 heteroatoms. The van der Waals surface area contributed by atoms with Gasteiger partial charge >= 0.3 is 6.09 Å². The third kappa shape index (κ3) is 3.07. The number of allylic oxidation sites excluding steroid dienone is 3. The number of aromatic hydroxyl groups is 1. The van der Waals surface area contributed by atoms with Crippen molar-refractivity contribution in [3.05, 3.63) is 53.6 Å². The highest BCUT2D eigenvalue weighted by Gasteiger charge is 2.76. The van der Waals surface area contributed by atoms with Crippen LogP contribution in [0.4, 0.5) is 4.79 Å². The molecule has 2 aliphatic carbocycles. The number of benzene rings is 1. The summed E-state index contributed by atoms with van der Waals surface area (Å²) in [6, 6.07) is 4.98. The lowest BCUT2D eigenvalue weighted by molar-refractivity contribution is -0.139. The molecule has 0 spiro atoms. The fraction of sp³-hybridized carbons (Fsp3) is 0.423. The third-order valence-corrected chi connectivity index (χ3v) is 9.61. The van der Waals surface area contributed by atoms with Crippen LogP contribution in [0.1, 0.15) is 29.9 Å². The number of carbonyl (C=O) groups excluding carboxylic acids is 5. The highest BCUT2D eigenvalue weighted by Crippen LogP contribution is 2.66. The van der Waals surface area contributed by atoms with Gasteiger partial charge in [-0.2, -0.15) is 4.90 Å². The number of methoxy groups -OCH3 is 1. The average molecular weight is 547 g/mol. The quantitative estimate of drug-likeness (QED) is 0.351. The second-order valence-electron chi connectivity index (χ2n) is 9.83. The Hall–Kier alpha value is -3.17. The molecule has 9 nitrogen and oxygen atoms in total. The smallest absolute Gasteiger partial charge is 0.423 e. The van der Waals surface area contributed by atoms with Gasteiger partial charge in [0.25, 0.3) is 11.8 Å². The van der Waals surface area contributed by atoms with Crippen molar-refractivity contribution < 1.29 is 33.8 Å². The van der Waals surface area contributed by atoms with Gasteiger partial charge in [0.05, 0.1) is 18.9 Å². The number of para-hydroxylation sites is 1. The van der Waals surface area contributed by atoms with E-state index < -0.39 is 63.1 Å². The molecule has 5 amide bonds. The lowest BCUT2D eigenvalue weighted by Gasteiger charge is -2.50. The van der Waals surface area contributed by atoms with Gasteiger partial charge in [0.15, 0.2) is 9.75 Å². The van der Waals surface area contributed by atoms with Gasteiger partial charge in [0, 0.05) is 18.5 Å². The highest BCUT2D eigenvalue weighted by atomic mass is 35.5. The molecule has 5 rings (SSSR count). The topological polar surface area (TPSA) is 121 Å². The summed E-state index contributed by atoms with van der Waals surface area (Å²) >= 11 is 14.1. The molecular formula is C26H24Cl2N2O7. The molecule has 2 aliphatic heterocycles. The number of ether oxygens (including phenoxy) is 1. The molecule has 2 heterocycles. The van der Waals surface area contributed by atoms with Crippen LogP contribution < -0.4 is 0 Å². The molecule has 1 saturated carbocycles. The molecule has 2 saturated heterocycles. The van der Waals surface area contributed by atoms with Crippen LogP contribution in [0.15, 0.2) is 42.5 Å². The number of imide groups is 4. The number of hydrogen-bond acceptors (Lipinski definition) is 7. The lowest BCUT2D eigenvalue weighted by Crippen LogP contribution is -2.60. The van der Waals surface area contributed by atoms with Crippen molar-refractivity contribution in [2.24, 2.45) is 17.8 Å². The summed E-state index contributed by atoms with van der Waals surface area (Å²) < 4.78 is 4.64. The standard InChI is InChI=1S/C26H24Cl2N2O7/c1-4-6-12-7-5-8-15(19(12)31)18-13-9-10-14-17(21(33)30(20(14)32)24(36)37-3)16(13)11-25(27)22(34)29(2)23(35)26(18,25)28/h4-5,7-9,14,16-18,31H,1,6,10-11H2,2-3H3/t14-,16+,17-,18+,25+,26-/m0/s1.